The number of esters is 1. The zero-order valence-corrected chi connectivity index (χ0v) is 10.6. The van der Waals surface area contributed by atoms with E-state index in [0.717, 1.165) is 16.9 Å². The summed E-state index contributed by atoms with van der Waals surface area (Å²) in [6, 6.07) is 5.70. The fourth-order valence-corrected chi connectivity index (χ4v) is 1.64. The topological polar surface area (TPSA) is 64.3 Å². The summed E-state index contributed by atoms with van der Waals surface area (Å²) in [6.07, 6.45) is 0.359. The van der Waals surface area contributed by atoms with E-state index in [0.29, 0.717) is 13.0 Å². The van der Waals surface area contributed by atoms with E-state index in [2.05, 4.69) is 5.32 Å². The highest BCUT2D eigenvalue weighted by Gasteiger charge is 2.10. The third kappa shape index (κ3) is 4.34. The summed E-state index contributed by atoms with van der Waals surface area (Å²) in [6.45, 7) is 6.16. The Kier molecular flexibility index (Phi) is 4.82. The lowest BCUT2D eigenvalue weighted by Gasteiger charge is -2.16. The van der Waals surface area contributed by atoms with E-state index in [4.69, 9.17) is 10.5 Å². The van der Waals surface area contributed by atoms with Crippen molar-refractivity contribution in [3.05, 3.63) is 23.8 Å². The number of carbonyl (C=O) groups excluding carboxylic acids is 1. The van der Waals surface area contributed by atoms with Crippen LogP contribution in [0.25, 0.3) is 0 Å². The van der Waals surface area contributed by atoms with Crippen LogP contribution in [0.5, 0.6) is 0 Å². The molecule has 0 bridgehead atoms. The number of aryl methyl sites for hydroxylation is 1. The van der Waals surface area contributed by atoms with E-state index >= 15 is 0 Å². The molecule has 0 fully saturated rings. The number of anilines is 2. The van der Waals surface area contributed by atoms with Crippen molar-refractivity contribution in [2.45, 2.75) is 33.2 Å². The van der Waals surface area contributed by atoms with Crippen molar-refractivity contribution in [2.24, 2.45) is 0 Å². The van der Waals surface area contributed by atoms with E-state index in [1.165, 1.54) is 0 Å². The molecule has 0 amide bonds. The number of hydrogen-bond acceptors (Lipinski definition) is 4. The van der Waals surface area contributed by atoms with Crippen molar-refractivity contribution < 1.29 is 9.53 Å². The molecule has 3 N–H and O–H groups in total. The Morgan fingerprint density at radius 3 is 2.82 bits per heavy atom. The number of nitrogens with one attached hydrogen (secondary N) is 1. The third-order valence-corrected chi connectivity index (χ3v) is 2.43. The molecule has 4 heteroatoms. The first kappa shape index (κ1) is 13.4. The van der Waals surface area contributed by atoms with Gasteiger partial charge >= 0.3 is 5.97 Å². The first-order valence-electron chi connectivity index (χ1n) is 5.81. The summed E-state index contributed by atoms with van der Waals surface area (Å²) in [5, 5.41) is 3.27. The Morgan fingerprint density at radius 1 is 1.53 bits per heavy atom. The van der Waals surface area contributed by atoms with Crippen LogP contribution in [0.1, 0.15) is 25.8 Å². The van der Waals surface area contributed by atoms with Crippen molar-refractivity contribution >= 4 is 17.3 Å². The van der Waals surface area contributed by atoms with E-state index in [1.807, 2.05) is 32.0 Å². The summed E-state index contributed by atoms with van der Waals surface area (Å²) in [7, 11) is 0. The molecule has 0 aliphatic carbocycles. The Bertz CT molecular complexity index is 391. The zero-order chi connectivity index (χ0) is 12.8. The van der Waals surface area contributed by atoms with Crippen LogP contribution < -0.4 is 11.1 Å². The van der Waals surface area contributed by atoms with Gasteiger partial charge in [-0.05, 0) is 44.5 Å². The van der Waals surface area contributed by atoms with Crippen LogP contribution in [0.15, 0.2) is 18.2 Å². The molecule has 1 atom stereocenters. The van der Waals surface area contributed by atoms with Gasteiger partial charge in [-0.1, -0.05) is 0 Å². The minimum atomic E-state index is -0.180. The molecule has 1 unspecified atom stereocenters. The van der Waals surface area contributed by atoms with Crippen molar-refractivity contribution in [2.75, 3.05) is 17.7 Å². The molecule has 1 aromatic rings. The van der Waals surface area contributed by atoms with Gasteiger partial charge in [0.05, 0.1) is 13.0 Å². The van der Waals surface area contributed by atoms with Gasteiger partial charge in [-0.2, -0.15) is 0 Å². The monoisotopic (exact) mass is 236 g/mol. The lowest BCUT2D eigenvalue weighted by Crippen LogP contribution is -2.21. The molecule has 0 heterocycles. The number of nitrogens with two attached hydrogens (primary N) is 1. The van der Waals surface area contributed by atoms with Gasteiger partial charge in [0.15, 0.2) is 0 Å². The minimum Gasteiger partial charge on any atom is -0.466 e. The van der Waals surface area contributed by atoms with Gasteiger partial charge in [0.1, 0.15) is 0 Å². The molecular weight excluding hydrogens is 216 g/mol. The van der Waals surface area contributed by atoms with E-state index in [9.17, 15) is 4.79 Å². The quantitative estimate of drug-likeness (QED) is 0.608. The van der Waals surface area contributed by atoms with Gasteiger partial charge in [0.2, 0.25) is 0 Å². The molecule has 17 heavy (non-hydrogen) atoms. The van der Waals surface area contributed by atoms with Crippen LogP contribution in [-0.4, -0.2) is 18.6 Å². The SMILES string of the molecule is CCOC(=O)CC(C)Nc1ccc(N)cc1C. The van der Waals surface area contributed by atoms with Crippen molar-refractivity contribution in [1.29, 1.82) is 0 Å². The van der Waals surface area contributed by atoms with Crippen LogP contribution in [0.4, 0.5) is 11.4 Å². The molecular formula is C13H20N2O2. The molecule has 0 aliphatic rings. The molecule has 0 spiro atoms. The summed E-state index contributed by atoms with van der Waals surface area (Å²) in [4.78, 5) is 11.3. The highest BCUT2D eigenvalue weighted by atomic mass is 16.5. The summed E-state index contributed by atoms with van der Waals surface area (Å²) in [5.74, 6) is -0.180. The van der Waals surface area contributed by atoms with Crippen LogP contribution in [0.2, 0.25) is 0 Å². The Hall–Kier alpha value is -1.71. The first-order valence-corrected chi connectivity index (χ1v) is 5.81. The highest BCUT2D eigenvalue weighted by Crippen LogP contribution is 2.19. The minimum absolute atomic E-state index is 0.0383. The van der Waals surface area contributed by atoms with Crippen LogP contribution in [0, 0.1) is 6.92 Å². The largest absolute Gasteiger partial charge is 0.466 e. The second-order valence-electron chi connectivity index (χ2n) is 4.13. The fourth-order valence-electron chi connectivity index (χ4n) is 1.64. The van der Waals surface area contributed by atoms with Crippen LogP contribution >= 0.6 is 0 Å². The molecule has 94 valence electrons. The van der Waals surface area contributed by atoms with Gasteiger partial charge in [-0.15, -0.1) is 0 Å². The molecule has 0 radical (unpaired) electrons. The van der Waals surface area contributed by atoms with Gasteiger partial charge in [-0.3, -0.25) is 4.79 Å². The molecule has 1 rings (SSSR count). The van der Waals surface area contributed by atoms with Crippen LogP contribution in [-0.2, 0) is 9.53 Å². The zero-order valence-electron chi connectivity index (χ0n) is 10.6. The van der Waals surface area contributed by atoms with Gasteiger partial charge in [-0.25, -0.2) is 0 Å². The molecule has 0 saturated carbocycles. The lowest BCUT2D eigenvalue weighted by atomic mass is 10.1. The van der Waals surface area contributed by atoms with Gasteiger partial charge in [0, 0.05) is 17.4 Å². The number of rotatable bonds is 5. The number of carbonyl (C=O) groups is 1. The maximum absolute atomic E-state index is 11.3. The molecule has 0 aliphatic heterocycles. The second kappa shape index (κ2) is 6.13. The maximum Gasteiger partial charge on any atom is 0.307 e. The summed E-state index contributed by atoms with van der Waals surface area (Å²) >= 11 is 0. The van der Waals surface area contributed by atoms with Crippen molar-refractivity contribution in [3.8, 4) is 0 Å². The molecule has 0 saturated heterocycles. The van der Waals surface area contributed by atoms with Gasteiger partial charge in [0.25, 0.3) is 0 Å². The van der Waals surface area contributed by atoms with Gasteiger partial charge < -0.3 is 15.8 Å². The first-order chi connectivity index (χ1) is 8.02. The number of hydrogen-bond donors (Lipinski definition) is 2. The summed E-state index contributed by atoms with van der Waals surface area (Å²) < 4.78 is 4.90. The average Bonchev–Trinajstić information content (AvgIpc) is 2.22. The average molecular weight is 236 g/mol. The Morgan fingerprint density at radius 2 is 2.24 bits per heavy atom. The van der Waals surface area contributed by atoms with E-state index in [-0.39, 0.29) is 12.0 Å². The molecule has 0 aromatic heterocycles. The number of nitrogen functional groups attached to an aromatic ring is 1. The fraction of sp³-hybridized carbons (Fsp3) is 0.462. The van der Waals surface area contributed by atoms with E-state index < -0.39 is 0 Å². The lowest BCUT2D eigenvalue weighted by molar-refractivity contribution is -0.143. The Balaban J connectivity index is 2.55. The molecule has 4 nitrogen and oxygen atoms in total. The van der Waals surface area contributed by atoms with Crippen molar-refractivity contribution in [1.82, 2.24) is 0 Å². The second-order valence-corrected chi connectivity index (χ2v) is 4.13. The van der Waals surface area contributed by atoms with Crippen LogP contribution in [0.3, 0.4) is 0 Å². The summed E-state index contributed by atoms with van der Waals surface area (Å²) in [5.41, 5.74) is 8.48. The number of benzene rings is 1. The smallest absolute Gasteiger partial charge is 0.307 e. The predicted octanol–water partition coefficient (Wildman–Crippen LogP) is 2.33. The normalized spacial score (nSPS) is 11.9. The predicted molar refractivity (Wildman–Crippen MR) is 69.9 cm³/mol. The van der Waals surface area contributed by atoms with Crippen molar-refractivity contribution in [3.63, 3.8) is 0 Å². The third-order valence-electron chi connectivity index (χ3n) is 2.43. The molecule has 1 aromatic carbocycles. The number of ether oxygens (including phenoxy) is 1. The maximum atomic E-state index is 11.3. The standard InChI is InChI=1S/C13H20N2O2/c1-4-17-13(16)8-10(3)15-12-6-5-11(14)7-9(12)2/h5-7,10,15H,4,8,14H2,1-3H3. The highest BCUT2D eigenvalue weighted by molar-refractivity contribution is 5.71. The van der Waals surface area contributed by atoms with E-state index in [1.54, 1.807) is 6.92 Å². The Labute approximate surface area is 102 Å².